The Kier molecular flexibility index (Phi) is 10.7. The maximum absolute atomic E-state index is 14.0. The van der Waals surface area contributed by atoms with E-state index in [0.29, 0.717) is 56.4 Å². The van der Waals surface area contributed by atoms with Gasteiger partial charge in [0.05, 0.1) is 29.0 Å². The number of nitrogens with zero attached hydrogens (tertiary/aromatic N) is 4. The van der Waals surface area contributed by atoms with Gasteiger partial charge in [0.25, 0.3) is 0 Å². The van der Waals surface area contributed by atoms with Crippen LogP contribution in [0.5, 0.6) is 0 Å². The lowest BCUT2D eigenvalue weighted by molar-refractivity contribution is -0.141. The molecular formula is C34H43F6N7O3S. The number of hydrogen-bond acceptors (Lipinski definition) is 6. The van der Waals surface area contributed by atoms with Gasteiger partial charge in [-0.25, -0.2) is 9.59 Å². The van der Waals surface area contributed by atoms with Crippen LogP contribution in [0.15, 0.2) is 23.6 Å². The number of carbonyl (C=O) groups is 3. The number of anilines is 2. The lowest BCUT2D eigenvalue weighted by Gasteiger charge is -2.41. The van der Waals surface area contributed by atoms with Gasteiger partial charge in [-0.2, -0.15) is 26.3 Å². The predicted octanol–water partition coefficient (Wildman–Crippen LogP) is 6.08. The third-order valence-corrected chi connectivity index (χ3v) is 11.8. The zero-order valence-corrected chi connectivity index (χ0v) is 29.1. The summed E-state index contributed by atoms with van der Waals surface area (Å²) in [6.45, 7) is 3.66. The highest BCUT2D eigenvalue weighted by atomic mass is 32.1. The quantitative estimate of drug-likeness (QED) is 0.245. The first-order valence-corrected chi connectivity index (χ1v) is 18.2. The van der Waals surface area contributed by atoms with Crippen LogP contribution in [0.1, 0.15) is 60.1 Å². The third kappa shape index (κ3) is 8.34. The molecule has 3 saturated heterocycles. The number of fused-ring (bicyclic) bond motifs is 1. The molecule has 1 aromatic heterocycles. The second-order valence-corrected chi connectivity index (χ2v) is 15.1. The summed E-state index contributed by atoms with van der Waals surface area (Å²) in [5, 5.41) is 7.44. The number of benzene rings is 1. The number of nitrogens with two attached hydrogens (primary N) is 1. The van der Waals surface area contributed by atoms with Gasteiger partial charge in [-0.3, -0.25) is 4.79 Å². The molecule has 5 amide bonds. The molecule has 51 heavy (non-hydrogen) atoms. The van der Waals surface area contributed by atoms with Crippen LogP contribution in [0, 0.1) is 11.8 Å². The van der Waals surface area contributed by atoms with Crippen LogP contribution in [-0.4, -0.2) is 96.0 Å². The molecule has 6 rings (SSSR count). The highest BCUT2D eigenvalue weighted by Crippen LogP contribution is 2.42. The molecule has 17 heteroatoms. The van der Waals surface area contributed by atoms with Crippen molar-refractivity contribution in [1.29, 1.82) is 0 Å². The molecule has 4 N–H and O–H groups in total. The van der Waals surface area contributed by atoms with Gasteiger partial charge in [-0.15, -0.1) is 11.3 Å². The number of nitrogen functional groups attached to an aromatic ring is 1. The molecule has 1 aromatic carbocycles. The molecule has 0 spiro atoms. The first-order valence-electron chi connectivity index (χ1n) is 17.3. The normalized spacial score (nSPS) is 21.0. The number of carbonyl (C=O) groups excluding carboxylic acids is 3. The molecule has 0 aliphatic carbocycles. The Morgan fingerprint density at radius 1 is 0.902 bits per heavy atom. The van der Waals surface area contributed by atoms with Crippen LogP contribution in [0.3, 0.4) is 0 Å². The highest BCUT2D eigenvalue weighted by molar-refractivity contribution is 7.10. The SMILES string of the molecule is CN1CCC(C2CCN(C(=O)[C@@H](Cc3cc(C(F)(F)F)c(N)c(C(F)(F)F)c3)NC(=O)N3CCC(N4Cc5sccc5NC4=O)CC3)CC2)CC1. The molecule has 0 unspecified atom stereocenters. The molecule has 10 nitrogen and oxygen atoms in total. The minimum absolute atomic E-state index is 0.149. The average Bonchev–Trinajstić information content (AvgIpc) is 3.54. The Bertz CT molecular complexity index is 1560. The van der Waals surface area contributed by atoms with E-state index in [0.717, 1.165) is 49.3 Å². The van der Waals surface area contributed by atoms with E-state index in [-0.39, 0.29) is 25.2 Å². The Morgan fingerprint density at radius 2 is 1.45 bits per heavy atom. The number of urea groups is 2. The summed E-state index contributed by atoms with van der Waals surface area (Å²) < 4.78 is 83.2. The van der Waals surface area contributed by atoms with E-state index in [2.05, 4.69) is 22.6 Å². The minimum Gasteiger partial charge on any atom is -0.398 e. The summed E-state index contributed by atoms with van der Waals surface area (Å²) in [6, 6.07) is 0.438. The second kappa shape index (κ2) is 14.7. The number of hydrogen-bond donors (Lipinski definition) is 3. The molecule has 0 radical (unpaired) electrons. The Morgan fingerprint density at radius 3 is 2.02 bits per heavy atom. The Labute approximate surface area is 296 Å². The van der Waals surface area contributed by atoms with Crippen LogP contribution >= 0.6 is 11.3 Å². The average molecular weight is 744 g/mol. The molecule has 0 saturated carbocycles. The molecule has 2 aromatic rings. The predicted molar refractivity (Wildman–Crippen MR) is 180 cm³/mol. The summed E-state index contributed by atoms with van der Waals surface area (Å²) in [6.07, 6.45) is -6.49. The minimum atomic E-state index is -5.18. The van der Waals surface area contributed by atoms with Gasteiger partial charge in [-0.1, -0.05) is 0 Å². The first-order chi connectivity index (χ1) is 24.1. The zero-order valence-electron chi connectivity index (χ0n) is 28.3. The van der Waals surface area contributed by atoms with E-state index in [1.54, 1.807) is 9.80 Å². The maximum atomic E-state index is 14.0. The fourth-order valence-corrected chi connectivity index (χ4v) is 8.78. The van der Waals surface area contributed by atoms with Crippen molar-refractivity contribution in [3.8, 4) is 0 Å². The molecule has 3 fully saturated rings. The maximum Gasteiger partial charge on any atom is 0.418 e. The lowest BCUT2D eigenvalue weighted by Crippen LogP contribution is -2.57. The monoisotopic (exact) mass is 743 g/mol. The largest absolute Gasteiger partial charge is 0.418 e. The fourth-order valence-electron chi connectivity index (χ4n) is 7.95. The van der Waals surface area contributed by atoms with E-state index < -0.39 is 59.1 Å². The fraction of sp³-hybridized carbons (Fsp3) is 0.618. The summed E-state index contributed by atoms with van der Waals surface area (Å²) in [5.74, 6) is 0.374. The summed E-state index contributed by atoms with van der Waals surface area (Å²) >= 11 is 1.53. The van der Waals surface area contributed by atoms with Crippen molar-refractivity contribution in [3.05, 3.63) is 45.1 Å². The van der Waals surface area contributed by atoms with Crippen molar-refractivity contribution in [1.82, 2.24) is 24.9 Å². The van der Waals surface area contributed by atoms with Crippen molar-refractivity contribution >= 4 is 40.7 Å². The highest BCUT2D eigenvalue weighted by Gasteiger charge is 2.42. The number of nitrogens with one attached hydrogen (secondary N) is 2. The topological polar surface area (TPSA) is 114 Å². The number of piperidine rings is 3. The van der Waals surface area contributed by atoms with E-state index in [1.807, 2.05) is 11.4 Å². The van der Waals surface area contributed by atoms with Gasteiger partial charge < -0.3 is 36.0 Å². The second-order valence-electron chi connectivity index (χ2n) is 14.1. The van der Waals surface area contributed by atoms with Gasteiger partial charge in [0, 0.05) is 43.5 Å². The smallest absolute Gasteiger partial charge is 0.398 e. The lowest BCUT2D eigenvalue weighted by atomic mass is 9.79. The zero-order chi connectivity index (χ0) is 36.7. The van der Waals surface area contributed by atoms with Gasteiger partial charge in [0.15, 0.2) is 0 Å². The van der Waals surface area contributed by atoms with Gasteiger partial charge in [0.2, 0.25) is 5.91 Å². The van der Waals surface area contributed by atoms with Crippen molar-refractivity contribution in [3.63, 3.8) is 0 Å². The van der Waals surface area contributed by atoms with Crippen LogP contribution in [0.25, 0.3) is 0 Å². The van der Waals surface area contributed by atoms with Crippen LogP contribution in [-0.2, 0) is 30.1 Å². The molecule has 4 aliphatic rings. The molecule has 4 aliphatic heterocycles. The van der Waals surface area contributed by atoms with Crippen LogP contribution in [0.2, 0.25) is 0 Å². The van der Waals surface area contributed by atoms with Gasteiger partial charge >= 0.3 is 24.4 Å². The molecular weight excluding hydrogens is 700 g/mol. The Hall–Kier alpha value is -3.73. The number of rotatable bonds is 6. The Balaban J connectivity index is 1.17. The number of halogens is 6. The van der Waals surface area contributed by atoms with E-state index in [1.165, 1.54) is 16.2 Å². The van der Waals surface area contributed by atoms with Crippen molar-refractivity contribution in [2.75, 3.05) is 57.4 Å². The number of thiophene rings is 1. The van der Waals surface area contributed by atoms with Crippen LogP contribution < -0.4 is 16.4 Å². The van der Waals surface area contributed by atoms with Crippen molar-refractivity contribution in [2.24, 2.45) is 11.8 Å². The summed E-state index contributed by atoms with van der Waals surface area (Å²) in [7, 11) is 2.08. The molecule has 0 bridgehead atoms. The standard InChI is InChI=1S/C34H43F6N7O3S/c1-44-9-2-21(3-10-44)22-4-11-45(12-5-22)30(48)27(18-20-16-24(33(35,36)37)29(41)25(17-20)34(38,39)40)43-31(49)46-13-6-23(7-14-46)47-19-28-26(8-15-51-28)42-32(47)50/h8,15-17,21-23,27H,2-7,9-14,18-19,41H2,1H3,(H,42,50)(H,43,49)/t27-/m1/s1. The van der Waals surface area contributed by atoms with E-state index in [9.17, 15) is 40.7 Å². The van der Waals surface area contributed by atoms with Crippen LogP contribution in [0.4, 0.5) is 47.3 Å². The summed E-state index contributed by atoms with van der Waals surface area (Å²) in [4.78, 5) is 48.5. The molecule has 280 valence electrons. The summed E-state index contributed by atoms with van der Waals surface area (Å²) in [5.41, 5.74) is 0.977. The van der Waals surface area contributed by atoms with Gasteiger partial charge in [-0.05, 0) is 99.6 Å². The third-order valence-electron chi connectivity index (χ3n) is 10.9. The molecule has 1 atom stereocenters. The number of likely N-dealkylation sites (tertiary alicyclic amines) is 3. The van der Waals surface area contributed by atoms with E-state index >= 15 is 0 Å². The molecule has 5 heterocycles. The van der Waals surface area contributed by atoms with E-state index in [4.69, 9.17) is 5.73 Å². The number of amides is 5. The van der Waals surface area contributed by atoms with Gasteiger partial charge in [0.1, 0.15) is 6.04 Å². The first kappa shape index (κ1) is 37.0. The number of alkyl halides is 6. The van der Waals surface area contributed by atoms with Crippen molar-refractivity contribution in [2.45, 2.75) is 75.9 Å². The van der Waals surface area contributed by atoms with Crippen molar-refractivity contribution < 1.29 is 40.7 Å².